The molecule has 2 rings (SSSR count). The number of hydrogen-bond donors (Lipinski definition) is 1. The molecular weight excluding hydrogens is 212 g/mol. The van der Waals surface area contributed by atoms with Crippen LogP contribution in [0.25, 0.3) is 10.9 Å². The molecule has 2 aromatic rings. The largest absolute Gasteiger partial charge is 0.417 e. The Kier molecular flexibility index (Phi) is 4.00. The lowest BCUT2D eigenvalue weighted by Gasteiger charge is -2.00. The summed E-state index contributed by atoms with van der Waals surface area (Å²) in [5.41, 5.74) is 7.89. The molecule has 15 heavy (non-hydrogen) atoms. The van der Waals surface area contributed by atoms with Crippen LogP contribution < -0.4 is 10.6 Å². The molecule has 0 aliphatic rings. The van der Waals surface area contributed by atoms with Crippen molar-refractivity contribution in [1.29, 1.82) is 0 Å². The van der Waals surface area contributed by atoms with E-state index in [1.807, 2.05) is 24.4 Å². The first kappa shape index (κ1) is 11.9. The van der Waals surface area contributed by atoms with Gasteiger partial charge in [-0.1, -0.05) is 18.2 Å². The second-order valence-corrected chi connectivity index (χ2v) is 3.22. The summed E-state index contributed by atoms with van der Waals surface area (Å²) in [6, 6.07) is 8.17. The number of nitrogens with two attached hydrogens (primary N) is 1. The molecule has 0 spiro atoms. The predicted octanol–water partition coefficient (Wildman–Crippen LogP) is 1.62. The molecule has 1 aromatic heterocycles. The quantitative estimate of drug-likeness (QED) is 0.864. The number of para-hydroxylation sites is 1. The maximum atomic E-state index is 5.55. The van der Waals surface area contributed by atoms with Crippen LogP contribution in [0.3, 0.4) is 0 Å². The van der Waals surface area contributed by atoms with E-state index in [-0.39, 0.29) is 12.4 Å². The second kappa shape index (κ2) is 5.05. The van der Waals surface area contributed by atoms with Crippen LogP contribution in [0.4, 0.5) is 0 Å². The van der Waals surface area contributed by atoms with Gasteiger partial charge >= 0.3 is 0 Å². The summed E-state index contributed by atoms with van der Waals surface area (Å²) in [5, 5.41) is 1.22. The topological polar surface area (TPSA) is 40.2 Å². The Labute approximate surface area is 95.2 Å². The van der Waals surface area contributed by atoms with E-state index in [1.54, 1.807) is 11.8 Å². The van der Waals surface area contributed by atoms with Crippen molar-refractivity contribution in [3.63, 3.8) is 0 Å². The van der Waals surface area contributed by atoms with Gasteiger partial charge in [0, 0.05) is 11.6 Å². The first-order chi connectivity index (χ1) is 6.86. The van der Waals surface area contributed by atoms with Gasteiger partial charge in [-0.2, -0.15) is 4.73 Å². The van der Waals surface area contributed by atoms with E-state index in [9.17, 15) is 0 Å². The molecule has 0 fully saturated rings. The molecule has 3 nitrogen and oxygen atoms in total. The number of rotatable bonds is 3. The normalized spacial score (nSPS) is 10.0. The summed E-state index contributed by atoms with van der Waals surface area (Å²) in [4.78, 5) is 5.23. The number of halogens is 1. The molecular formula is C11H15ClN2O. The van der Waals surface area contributed by atoms with Crippen molar-refractivity contribution >= 4 is 23.3 Å². The zero-order valence-electron chi connectivity index (χ0n) is 8.64. The minimum absolute atomic E-state index is 0. The molecule has 0 unspecified atom stereocenters. The van der Waals surface area contributed by atoms with Gasteiger partial charge in [0.1, 0.15) is 7.11 Å². The van der Waals surface area contributed by atoms with Gasteiger partial charge in [-0.25, -0.2) is 0 Å². The summed E-state index contributed by atoms with van der Waals surface area (Å²) in [5.74, 6) is 0. The molecule has 1 heterocycles. The van der Waals surface area contributed by atoms with Crippen LogP contribution in [0.2, 0.25) is 0 Å². The van der Waals surface area contributed by atoms with E-state index in [4.69, 9.17) is 10.6 Å². The van der Waals surface area contributed by atoms with Crippen LogP contribution in [0.5, 0.6) is 0 Å². The van der Waals surface area contributed by atoms with Crippen LogP contribution in [-0.4, -0.2) is 18.4 Å². The van der Waals surface area contributed by atoms with E-state index in [2.05, 4.69) is 6.07 Å². The lowest BCUT2D eigenvalue weighted by molar-refractivity contribution is 0.179. The first-order valence-corrected chi connectivity index (χ1v) is 4.70. The van der Waals surface area contributed by atoms with Gasteiger partial charge in [0.05, 0.1) is 5.52 Å². The summed E-state index contributed by atoms with van der Waals surface area (Å²) in [6.07, 6.45) is 2.88. The molecule has 2 N–H and O–H groups in total. The molecule has 1 aromatic carbocycles. The van der Waals surface area contributed by atoms with Gasteiger partial charge in [0.15, 0.2) is 0 Å². The maximum absolute atomic E-state index is 5.55. The van der Waals surface area contributed by atoms with Gasteiger partial charge < -0.3 is 10.6 Å². The minimum atomic E-state index is 0. The summed E-state index contributed by atoms with van der Waals surface area (Å²) >= 11 is 0. The standard InChI is InChI=1S/C11H14N2O.ClH/c1-14-13-8-9(6-7-12)10-4-2-3-5-11(10)13;/h2-5,8H,6-7,12H2,1H3;1H. The van der Waals surface area contributed by atoms with Crippen LogP contribution in [0.15, 0.2) is 30.5 Å². The highest BCUT2D eigenvalue weighted by molar-refractivity contribution is 5.85. The van der Waals surface area contributed by atoms with E-state index < -0.39 is 0 Å². The molecule has 0 amide bonds. The van der Waals surface area contributed by atoms with E-state index >= 15 is 0 Å². The highest BCUT2D eigenvalue weighted by Crippen LogP contribution is 2.20. The number of aromatic nitrogens is 1. The van der Waals surface area contributed by atoms with Gasteiger partial charge in [-0.15, -0.1) is 12.4 Å². The van der Waals surface area contributed by atoms with Crippen LogP contribution in [0, 0.1) is 0 Å². The van der Waals surface area contributed by atoms with Gasteiger partial charge in [-0.05, 0) is 24.6 Å². The number of hydrogen-bond acceptors (Lipinski definition) is 2. The molecule has 0 saturated heterocycles. The van der Waals surface area contributed by atoms with Gasteiger partial charge in [0.2, 0.25) is 0 Å². The highest BCUT2D eigenvalue weighted by atomic mass is 35.5. The van der Waals surface area contributed by atoms with Crippen molar-refractivity contribution in [3.8, 4) is 0 Å². The predicted molar refractivity (Wildman–Crippen MR) is 64.4 cm³/mol. The summed E-state index contributed by atoms with van der Waals surface area (Å²) in [6.45, 7) is 0.664. The fraction of sp³-hybridized carbons (Fsp3) is 0.273. The smallest absolute Gasteiger partial charge is 0.104 e. The van der Waals surface area contributed by atoms with E-state index in [0.29, 0.717) is 6.54 Å². The first-order valence-electron chi connectivity index (χ1n) is 4.70. The van der Waals surface area contributed by atoms with Crippen LogP contribution in [0.1, 0.15) is 5.56 Å². The van der Waals surface area contributed by atoms with Crippen molar-refractivity contribution < 1.29 is 4.84 Å². The zero-order valence-corrected chi connectivity index (χ0v) is 9.46. The highest BCUT2D eigenvalue weighted by Gasteiger charge is 2.06. The third kappa shape index (κ3) is 2.08. The number of fused-ring (bicyclic) bond motifs is 1. The van der Waals surface area contributed by atoms with Crippen LogP contribution in [-0.2, 0) is 6.42 Å². The van der Waals surface area contributed by atoms with Crippen molar-refractivity contribution in [2.45, 2.75) is 6.42 Å². The van der Waals surface area contributed by atoms with Crippen LogP contribution >= 0.6 is 12.4 Å². The summed E-state index contributed by atoms with van der Waals surface area (Å²) < 4.78 is 1.78. The Morgan fingerprint density at radius 2 is 2.07 bits per heavy atom. The Bertz CT molecular complexity index is 439. The molecule has 4 heteroatoms. The maximum Gasteiger partial charge on any atom is 0.104 e. The van der Waals surface area contributed by atoms with Gasteiger partial charge in [-0.3, -0.25) is 0 Å². The third-order valence-electron chi connectivity index (χ3n) is 2.37. The van der Waals surface area contributed by atoms with Crippen molar-refractivity contribution in [2.24, 2.45) is 5.73 Å². The molecule has 0 bridgehead atoms. The Morgan fingerprint density at radius 1 is 1.33 bits per heavy atom. The molecule has 0 saturated carbocycles. The Hall–Kier alpha value is -1.19. The minimum Gasteiger partial charge on any atom is -0.417 e. The molecule has 0 atom stereocenters. The molecule has 0 radical (unpaired) electrons. The van der Waals surface area contributed by atoms with Crippen molar-refractivity contribution in [3.05, 3.63) is 36.0 Å². The van der Waals surface area contributed by atoms with E-state index in [1.165, 1.54) is 10.9 Å². The fourth-order valence-electron chi connectivity index (χ4n) is 1.72. The Morgan fingerprint density at radius 3 is 2.73 bits per heavy atom. The molecule has 0 aliphatic carbocycles. The third-order valence-corrected chi connectivity index (χ3v) is 2.37. The summed E-state index contributed by atoms with van der Waals surface area (Å²) in [7, 11) is 1.67. The van der Waals surface area contributed by atoms with Crippen molar-refractivity contribution in [1.82, 2.24) is 4.73 Å². The van der Waals surface area contributed by atoms with E-state index in [0.717, 1.165) is 11.9 Å². The van der Waals surface area contributed by atoms with Gasteiger partial charge in [0.25, 0.3) is 0 Å². The average molecular weight is 227 g/mol. The average Bonchev–Trinajstić information content (AvgIpc) is 2.58. The molecule has 82 valence electrons. The lowest BCUT2D eigenvalue weighted by Crippen LogP contribution is -2.04. The zero-order chi connectivity index (χ0) is 9.97. The second-order valence-electron chi connectivity index (χ2n) is 3.22. The van der Waals surface area contributed by atoms with Crippen molar-refractivity contribution in [2.75, 3.05) is 13.7 Å². The number of benzene rings is 1. The molecule has 0 aliphatic heterocycles. The SMILES string of the molecule is COn1cc(CCN)c2ccccc21.Cl. The number of nitrogens with zero attached hydrogens (tertiary/aromatic N) is 1. The monoisotopic (exact) mass is 226 g/mol. The fourth-order valence-corrected chi connectivity index (χ4v) is 1.72. The lowest BCUT2D eigenvalue weighted by atomic mass is 10.1. The Balaban J connectivity index is 0.00000112.